The first-order valence-electron chi connectivity index (χ1n) is 8.02. The number of alkyl halides is 3. The molecule has 1 aromatic heterocycles. The lowest BCUT2D eigenvalue weighted by molar-refractivity contribution is -0.137. The van der Waals surface area contributed by atoms with Crippen LogP contribution in [0.4, 0.5) is 17.6 Å². The molecule has 0 N–H and O–H groups in total. The number of ether oxygens (including phenoxy) is 1. The van der Waals surface area contributed by atoms with Gasteiger partial charge < -0.3 is 4.74 Å². The highest BCUT2D eigenvalue weighted by Crippen LogP contribution is 2.29. The van der Waals surface area contributed by atoms with E-state index in [1.807, 2.05) is 0 Å². The molecule has 0 amide bonds. The molecule has 9 heteroatoms. The van der Waals surface area contributed by atoms with E-state index in [4.69, 9.17) is 4.74 Å². The second-order valence-corrected chi connectivity index (χ2v) is 6.70. The van der Waals surface area contributed by atoms with Gasteiger partial charge in [0.2, 0.25) is 5.88 Å². The van der Waals surface area contributed by atoms with Gasteiger partial charge in [0, 0.05) is 0 Å². The van der Waals surface area contributed by atoms with Crippen LogP contribution in [0.5, 0.6) is 5.88 Å². The third-order valence-corrected chi connectivity index (χ3v) is 4.53. The van der Waals surface area contributed by atoms with Crippen LogP contribution in [-0.4, -0.2) is 9.55 Å². The van der Waals surface area contributed by atoms with Crippen LogP contribution in [0.3, 0.4) is 0 Å². The van der Waals surface area contributed by atoms with Gasteiger partial charge in [0.05, 0.1) is 12.1 Å². The number of rotatable bonds is 5. The minimum atomic E-state index is -4.41. The molecule has 0 aliphatic rings. The van der Waals surface area contributed by atoms with Crippen LogP contribution in [-0.2, 0) is 19.3 Å². The Balaban J connectivity index is 1.71. The van der Waals surface area contributed by atoms with Crippen LogP contribution >= 0.6 is 15.9 Å². The first-order valence-corrected chi connectivity index (χ1v) is 8.81. The van der Waals surface area contributed by atoms with E-state index < -0.39 is 23.1 Å². The average Bonchev–Trinajstić information content (AvgIpc) is 2.65. The van der Waals surface area contributed by atoms with Gasteiger partial charge in [-0.2, -0.15) is 13.2 Å². The SMILES string of the molecule is O=c1c(Br)c(OCc2ccc(C(F)(F)F)cc2)ncn1Cc1cccc(F)c1. The van der Waals surface area contributed by atoms with Crippen molar-refractivity contribution in [3.8, 4) is 5.88 Å². The van der Waals surface area contributed by atoms with Crippen molar-refractivity contribution in [2.45, 2.75) is 19.3 Å². The molecule has 4 nitrogen and oxygen atoms in total. The van der Waals surface area contributed by atoms with Gasteiger partial charge in [-0.3, -0.25) is 9.36 Å². The van der Waals surface area contributed by atoms with E-state index >= 15 is 0 Å². The molecule has 146 valence electrons. The second kappa shape index (κ2) is 8.14. The summed E-state index contributed by atoms with van der Waals surface area (Å²) in [5.74, 6) is -0.394. The Bertz CT molecular complexity index is 1030. The maximum atomic E-state index is 13.3. The average molecular weight is 457 g/mol. The molecule has 0 aliphatic carbocycles. The highest BCUT2D eigenvalue weighted by atomic mass is 79.9. The van der Waals surface area contributed by atoms with Crippen LogP contribution in [0.15, 0.2) is 64.1 Å². The number of hydrogen-bond acceptors (Lipinski definition) is 3. The standard InChI is InChI=1S/C19H13BrF4N2O2/c20-16-17(28-10-12-4-6-14(7-5-12)19(22,23)24)25-11-26(18(16)27)9-13-2-1-3-15(21)8-13/h1-8,11H,9-10H2. The van der Waals surface area contributed by atoms with Crippen molar-refractivity contribution in [1.29, 1.82) is 0 Å². The summed E-state index contributed by atoms with van der Waals surface area (Å²) in [4.78, 5) is 16.5. The Morgan fingerprint density at radius 2 is 1.79 bits per heavy atom. The molecular weight excluding hydrogens is 444 g/mol. The van der Waals surface area contributed by atoms with E-state index in [1.54, 1.807) is 12.1 Å². The number of hydrogen-bond donors (Lipinski definition) is 0. The van der Waals surface area contributed by atoms with Crippen LogP contribution in [0.1, 0.15) is 16.7 Å². The van der Waals surface area contributed by atoms with Gasteiger partial charge in [-0.15, -0.1) is 0 Å². The van der Waals surface area contributed by atoms with E-state index in [-0.39, 0.29) is 23.5 Å². The van der Waals surface area contributed by atoms with Crippen molar-refractivity contribution >= 4 is 15.9 Å². The molecule has 0 radical (unpaired) electrons. The molecule has 3 rings (SSSR count). The summed E-state index contributed by atoms with van der Waals surface area (Å²) >= 11 is 3.13. The highest BCUT2D eigenvalue weighted by Gasteiger charge is 2.29. The Labute approximate surface area is 165 Å². The van der Waals surface area contributed by atoms with Crippen LogP contribution in [0.2, 0.25) is 0 Å². The normalized spacial score (nSPS) is 11.5. The largest absolute Gasteiger partial charge is 0.472 e. The van der Waals surface area contributed by atoms with E-state index in [0.717, 1.165) is 12.1 Å². The Morgan fingerprint density at radius 3 is 2.43 bits per heavy atom. The maximum absolute atomic E-state index is 13.3. The van der Waals surface area contributed by atoms with Gasteiger partial charge >= 0.3 is 6.18 Å². The fraction of sp³-hybridized carbons (Fsp3) is 0.158. The summed E-state index contributed by atoms with van der Waals surface area (Å²) in [5, 5.41) is 0. The maximum Gasteiger partial charge on any atom is 0.416 e. The Hall–Kier alpha value is -2.68. The third-order valence-electron chi connectivity index (χ3n) is 3.85. The van der Waals surface area contributed by atoms with Crippen molar-refractivity contribution in [1.82, 2.24) is 9.55 Å². The zero-order valence-electron chi connectivity index (χ0n) is 14.2. The molecule has 2 aromatic carbocycles. The summed E-state index contributed by atoms with van der Waals surface area (Å²) in [6.07, 6.45) is -3.14. The van der Waals surface area contributed by atoms with Crippen LogP contribution in [0, 0.1) is 5.82 Å². The fourth-order valence-electron chi connectivity index (χ4n) is 2.44. The summed E-state index contributed by atoms with van der Waals surface area (Å²) < 4.78 is 57.8. The molecule has 0 fully saturated rings. The Kier molecular flexibility index (Phi) is 5.83. The van der Waals surface area contributed by atoms with Crippen LogP contribution in [0.25, 0.3) is 0 Å². The summed E-state index contributed by atoms with van der Waals surface area (Å²) in [6, 6.07) is 10.3. The number of halogens is 5. The second-order valence-electron chi connectivity index (χ2n) is 5.91. The minimum absolute atomic E-state index is 0.0143. The molecule has 0 aliphatic heterocycles. The number of benzene rings is 2. The van der Waals surface area contributed by atoms with Gasteiger partial charge in [0.1, 0.15) is 23.2 Å². The molecule has 3 aromatic rings. The quantitative estimate of drug-likeness (QED) is 0.518. The van der Waals surface area contributed by atoms with Crippen LogP contribution < -0.4 is 10.3 Å². The zero-order valence-corrected chi connectivity index (χ0v) is 15.8. The van der Waals surface area contributed by atoms with Crippen molar-refractivity contribution in [3.63, 3.8) is 0 Å². The molecule has 0 saturated carbocycles. The van der Waals surface area contributed by atoms with Crippen molar-refractivity contribution in [3.05, 3.63) is 92.2 Å². The lowest BCUT2D eigenvalue weighted by atomic mass is 10.1. The fourth-order valence-corrected chi connectivity index (χ4v) is 2.88. The summed E-state index contributed by atoms with van der Waals surface area (Å²) in [7, 11) is 0. The molecule has 0 spiro atoms. The van der Waals surface area contributed by atoms with Gasteiger partial charge in [0.25, 0.3) is 5.56 Å². The molecule has 1 heterocycles. The van der Waals surface area contributed by atoms with Crippen molar-refractivity contribution < 1.29 is 22.3 Å². The van der Waals surface area contributed by atoms with E-state index in [9.17, 15) is 22.4 Å². The highest BCUT2D eigenvalue weighted by molar-refractivity contribution is 9.10. The van der Waals surface area contributed by atoms with Gasteiger partial charge in [-0.05, 0) is 51.3 Å². The summed E-state index contributed by atoms with van der Waals surface area (Å²) in [5.41, 5.74) is -0.1000. The van der Waals surface area contributed by atoms with Gasteiger partial charge in [-0.1, -0.05) is 24.3 Å². The molecule has 0 unspecified atom stereocenters. The minimum Gasteiger partial charge on any atom is -0.472 e. The topological polar surface area (TPSA) is 44.1 Å². The van der Waals surface area contributed by atoms with Crippen molar-refractivity contribution in [2.75, 3.05) is 0 Å². The van der Waals surface area contributed by atoms with E-state index in [0.29, 0.717) is 11.1 Å². The predicted molar refractivity (Wildman–Crippen MR) is 97.5 cm³/mol. The smallest absolute Gasteiger partial charge is 0.416 e. The lowest BCUT2D eigenvalue weighted by Crippen LogP contribution is -2.22. The molecule has 28 heavy (non-hydrogen) atoms. The zero-order chi connectivity index (χ0) is 20.3. The third kappa shape index (κ3) is 4.78. The molecule has 0 atom stereocenters. The monoisotopic (exact) mass is 456 g/mol. The predicted octanol–water partition coefficient (Wildman–Crippen LogP) is 4.79. The number of nitrogens with zero attached hydrogens (tertiary/aromatic N) is 2. The first kappa shape index (κ1) is 20.1. The Morgan fingerprint density at radius 1 is 1.07 bits per heavy atom. The lowest BCUT2D eigenvalue weighted by Gasteiger charge is -2.11. The first-order chi connectivity index (χ1) is 13.2. The molecular formula is C19H13BrF4N2O2. The summed E-state index contributed by atoms with van der Waals surface area (Å²) in [6.45, 7) is 0.0679. The van der Waals surface area contributed by atoms with Gasteiger partial charge in [0.15, 0.2) is 0 Å². The molecule has 0 saturated heterocycles. The molecule has 0 bridgehead atoms. The van der Waals surface area contributed by atoms with Crippen molar-refractivity contribution in [2.24, 2.45) is 0 Å². The number of aromatic nitrogens is 2. The van der Waals surface area contributed by atoms with Gasteiger partial charge in [-0.25, -0.2) is 9.37 Å². The van der Waals surface area contributed by atoms with E-state index in [1.165, 1.54) is 35.2 Å². The van der Waals surface area contributed by atoms with E-state index in [2.05, 4.69) is 20.9 Å².